The molecule has 0 unspecified atom stereocenters. The highest BCUT2D eigenvalue weighted by molar-refractivity contribution is 7.99. The van der Waals surface area contributed by atoms with Crippen molar-refractivity contribution in [1.29, 1.82) is 5.26 Å². The van der Waals surface area contributed by atoms with Crippen molar-refractivity contribution in [1.82, 2.24) is 25.5 Å². The first-order valence-corrected chi connectivity index (χ1v) is 9.64. The molecule has 0 aliphatic heterocycles. The molecule has 1 saturated carbocycles. The number of carbonyl (C=O) groups is 1. The number of hydrogen-bond donors (Lipinski definition) is 2. The first kappa shape index (κ1) is 16.8. The molecule has 132 valence electrons. The quantitative estimate of drug-likeness (QED) is 0.688. The standard InChI is InChI=1S/C18H18N6OS/c19-11-18(8-4-1-5-9-18)22-14(25)10-26-17-21-16-15(23-24-17)12-6-2-3-7-13(12)20-16/h2-3,6-7H,1,4-5,8-10H2,(H,22,25)(H,20,21,24). The summed E-state index contributed by atoms with van der Waals surface area (Å²) in [6, 6.07) is 10.1. The summed E-state index contributed by atoms with van der Waals surface area (Å²) in [6.07, 6.45) is 4.52. The largest absolute Gasteiger partial charge is 0.338 e. The number of carbonyl (C=O) groups excluding carboxylic acids is 1. The second-order valence-electron chi connectivity index (χ2n) is 6.55. The number of nitrogens with one attached hydrogen (secondary N) is 2. The minimum absolute atomic E-state index is 0.164. The lowest BCUT2D eigenvalue weighted by Gasteiger charge is -2.31. The molecule has 1 amide bonds. The zero-order valence-corrected chi connectivity index (χ0v) is 15.0. The average Bonchev–Trinajstić information content (AvgIpc) is 3.05. The molecule has 2 N–H and O–H groups in total. The second kappa shape index (κ2) is 6.92. The van der Waals surface area contributed by atoms with Crippen LogP contribution in [0.4, 0.5) is 0 Å². The van der Waals surface area contributed by atoms with E-state index in [1.54, 1.807) is 0 Å². The Bertz CT molecular complexity index is 1000. The van der Waals surface area contributed by atoms with Gasteiger partial charge < -0.3 is 10.3 Å². The first-order valence-electron chi connectivity index (χ1n) is 8.65. The van der Waals surface area contributed by atoms with Crippen molar-refractivity contribution in [2.45, 2.75) is 42.8 Å². The minimum Gasteiger partial charge on any atom is -0.338 e. The maximum absolute atomic E-state index is 12.3. The summed E-state index contributed by atoms with van der Waals surface area (Å²) in [7, 11) is 0. The lowest BCUT2D eigenvalue weighted by molar-refractivity contribution is -0.120. The number of nitrogens with zero attached hydrogens (tertiary/aromatic N) is 4. The number of benzene rings is 1. The third-order valence-corrected chi connectivity index (χ3v) is 5.57. The number of hydrogen-bond acceptors (Lipinski definition) is 6. The van der Waals surface area contributed by atoms with Crippen LogP contribution in [0.5, 0.6) is 0 Å². The molecule has 1 fully saturated rings. The topological polar surface area (TPSA) is 107 Å². The van der Waals surface area contributed by atoms with Crippen molar-refractivity contribution in [3.05, 3.63) is 24.3 Å². The van der Waals surface area contributed by atoms with E-state index in [0.29, 0.717) is 10.8 Å². The molecule has 26 heavy (non-hydrogen) atoms. The molecule has 8 heteroatoms. The number of para-hydroxylation sites is 1. The van der Waals surface area contributed by atoms with Gasteiger partial charge in [-0.2, -0.15) is 5.26 Å². The Morgan fingerprint density at radius 2 is 2.08 bits per heavy atom. The predicted molar refractivity (Wildman–Crippen MR) is 99.5 cm³/mol. The van der Waals surface area contributed by atoms with E-state index in [4.69, 9.17) is 0 Å². The third kappa shape index (κ3) is 3.22. The second-order valence-corrected chi connectivity index (χ2v) is 7.50. The summed E-state index contributed by atoms with van der Waals surface area (Å²) in [4.78, 5) is 20.0. The molecule has 1 aromatic carbocycles. The lowest BCUT2D eigenvalue weighted by Crippen LogP contribution is -2.49. The van der Waals surface area contributed by atoms with Crippen molar-refractivity contribution in [3.8, 4) is 6.07 Å². The van der Waals surface area contributed by atoms with Gasteiger partial charge in [-0.3, -0.25) is 4.79 Å². The maximum atomic E-state index is 12.3. The van der Waals surface area contributed by atoms with Crippen LogP contribution in [0.2, 0.25) is 0 Å². The number of thioether (sulfide) groups is 1. The van der Waals surface area contributed by atoms with Gasteiger partial charge in [-0.15, -0.1) is 10.2 Å². The van der Waals surface area contributed by atoms with Crippen molar-refractivity contribution < 1.29 is 4.79 Å². The van der Waals surface area contributed by atoms with Gasteiger partial charge >= 0.3 is 0 Å². The normalized spacial score (nSPS) is 16.4. The Morgan fingerprint density at radius 1 is 1.27 bits per heavy atom. The Balaban J connectivity index is 1.45. The number of amides is 1. The summed E-state index contributed by atoms with van der Waals surface area (Å²) in [5.74, 6) is -0.00425. The van der Waals surface area contributed by atoms with Gasteiger partial charge in [0.2, 0.25) is 11.1 Å². The van der Waals surface area contributed by atoms with Crippen LogP contribution in [-0.2, 0) is 4.79 Å². The molecule has 0 radical (unpaired) electrons. The molecular formula is C18H18N6OS. The molecule has 0 spiro atoms. The fourth-order valence-corrected chi connectivity index (χ4v) is 4.01. The SMILES string of the molecule is N#CC1(NC(=O)CSc2nnc3c(n2)[nH]c2ccccc23)CCCCC1. The Kier molecular flexibility index (Phi) is 4.47. The molecule has 7 nitrogen and oxygen atoms in total. The summed E-state index contributed by atoms with van der Waals surface area (Å²) in [5.41, 5.74) is 1.62. The van der Waals surface area contributed by atoms with Crippen LogP contribution in [0.25, 0.3) is 22.1 Å². The van der Waals surface area contributed by atoms with E-state index in [-0.39, 0.29) is 11.7 Å². The number of aromatic amines is 1. The highest BCUT2D eigenvalue weighted by atomic mass is 32.2. The predicted octanol–water partition coefficient (Wildman–Crippen LogP) is 2.94. The third-order valence-electron chi connectivity index (χ3n) is 4.73. The summed E-state index contributed by atoms with van der Waals surface area (Å²) < 4.78 is 0. The Morgan fingerprint density at radius 3 is 2.88 bits per heavy atom. The molecule has 0 bridgehead atoms. The van der Waals surface area contributed by atoms with Crippen LogP contribution < -0.4 is 5.32 Å². The van der Waals surface area contributed by atoms with E-state index in [1.807, 2.05) is 24.3 Å². The van der Waals surface area contributed by atoms with Crippen LogP contribution in [0.15, 0.2) is 29.4 Å². The molecule has 3 aromatic rings. The van der Waals surface area contributed by atoms with Gasteiger partial charge in [-0.25, -0.2) is 4.98 Å². The summed E-state index contributed by atoms with van der Waals surface area (Å²) in [6.45, 7) is 0. The van der Waals surface area contributed by atoms with Crippen molar-refractivity contribution in [2.75, 3.05) is 5.75 Å². The molecule has 1 aliphatic carbocycles. The minimum atomic E-state index is -0.712. The fourth-order valence-electron chi connectivity index (χ4n) is 3.42. The molecule has 0 saturated heterocycles. The van der Waals surface area contributed by atoms with Crippen LogP contribution in [-0.4, -0.2) is 37.4 Å². The van der Waals surface area contributed by atoms with Gasteiger partial charge in [0, 0.05) is 10.9 Å². The molecular weight excluding hydrogens is 348 g/mol. The first-order chi connectivity index (χ1) is 12.7. The zero-order chi connectivity index (χ0) is 18.0. The van der Waals surface area contributed by atoms with Gasteiger partial charge in [0.25, 0.3) is 0 Å². The molecule has 2 heterocycles. The van der Waals surface area contributed by atoms with Gasteiger partial charge in [-0.1, -0.05) is 49.2 Å². The van der Waals surface area contributed by atoms with Crippen molar-refractivity contribution in [2.24, 2.45) is 0 Å². The van der Waals surface area contributed by atoms with E-state index in [2.05, 4.69) is 31.6 Å². The maximum Gasteiger partial charge on any atom is 0.231 e. The molecule has 0 atom stereocenters. The highest BCUT2D eigenvalue weighted by Crippen LogP contribution is 2.28. The lowest BCUT2D eigenvalue weighted by atomic mass is 9.83. The number of fused-ring (bicyclic) bond motifs is 3. The molecule has 4 rings (SSSR count). The Hall–Kier alpha value is -2.66. The van der Waals surface area contributed by atoms with E-state index < -0.39 is 5.54 Å². The number of H-pyrrole nitrogens is 1. The van der Waals surface area contributed by atoms with Crippen molar-refractivity contribution in [3.63, 3.8) is 0 Å². The van der Waals surface area contributed by atoms with Crippen LogP contribution in [0.1, 0.15) is 32.1 Å². The van der Waals surface area contributed by atoms with Crippen LogP contribution in [0, 0.1) is 11.3 Å². The van der Waals surface area contributed by atoms with Crippen molar-refractivity contribution >= 4 is 39.7 Å². The number of nitriles is 1. The van der Waals surface area contributed by atoms with E-state index in [1.165, 1.54) is 11.8 Å². The van der Waals surface area contributed by atoms with E-state index >= 15 is 0 Å². The monoisotopic (exact) mass is 366 g/mol. The van der Waals surface area contributed by atoms with E-state index in [9.17, 15) is 10.1 Å². The van der Waals surface area contributed by atoms with Gasteiger partial charge in [0.05, 0.1) is 11.8 Å². The summed E-state index contributed by atoms with van der Waals surface area (Å²) >= 11 is 1.22. The van der Waals surface area contributed by atoms with Gasteiger partial charge in [-0.05, 0) is 18.9 Å². The van der Waals surface area contributed by atoms with E-state index in [0.717, 1.165) is 48.5 Å². The zero-order valence-electron chi connectivity index (χ0n) is 14.2. The number of rotatable bonds is 4. The van der Waals surface area contributed by atoms with Gasteiger partial charge in [0.15, 0.2) is 5.65 Å². The Labute approximate surface area is 154 Å². The average molecular weight is 366 g/mol. The highest BCUT2D eigenvalue weighted by Gasteiger charge is 2.33. The number of aromatic nitrogens is 4. The van der Waals surface area contributed by atoms with Crippen LogP contribution in [0.3, 0.4) is 0 Å². The van der Waals surface area contributed by atoms with Crippen LogP contribution >= 0.6 is 11.8 Å². The fraction of sp³-hybridized carbons (Fsp3) is 0.389. The molecule has 2 aromatic heterocycles. The van der Waals surface area contributed by atoms with Gasteiger partial charge in [0.1, 0.15) is 11.1 Å². The molecule has 1 aliphatic rings. The summed E-state index contributed by atoms with van der Waals surface area (Å²) in [5, 5.41) is 22.1. The smallest absolute Gasteiger partial charge is 0.231 e.